The van der Waals surface area contributed by atoms with E-state index in [4.69, 9.17) is 11.6 Å². The number of hydrogen-bond donors (Lipinski definition) is 3. The number of benzene rings is 2. The monoisotopic (exact) mass is 553 g/mol. The molecule has 0 aliphatic carbocycles. The fourth-order valence-electron chi connectivity index (χ4n) is 4.72. The average molecular weight is 554 g/mol. The van der Waals surface area contributed by atoms with Crippen LogP contribution in [0.15, 0.2) is 48.8 Å². The smallest absolute Gasteiger partial charge is 0.276 e. The van der Waals surface area contributed by atoms with E-state index in [2.05, 4.69) is 32.4 Å². The molecule has 0 saturated carbocycles. The van der Waals surface area contributed by atoms with Crippen LogP contribution in [0.4, 0.5) is 10.1 Å². The number of piperidine rings is 1. The minimum absolute atomic E-state index is 0.0136. The van der Waals surface area contributed by atoms with Crippen molar-refractivity contribution in [2.75, 3.05) is 25.0 Å². The standard InChI is InChI=1S/C29H33ClFN5O3/c1-18-10-12-36(13-11-18)16-29(2,3)35-28(39)26-25(32-17-33-26)27(38)34-21-7-4-19(5-8-21)14-24(37)22-9-6-20(31)15-23(22)30/h4-9,15,17-18H,10-14,16H2,1-3H3,(H,32,33)(H,34,38)(H,35,39). The zero-order valence-corrected chi connectivity index (χ0v) is 23.1. The first-order chi connectivity index (χ1) is 18.5. The predicted octanol–water partition coefficient (Wildman–Crippen LogP) is 5.12. The van der Waals surface area contributed by atoms with Crippen molar-refractivity contribution in [1.29, 1.82) is 0 Å². The number of imidazole rings is 1. The number of aromatic nitrogens is 2. The number of Topliss-reactive ketones (excluding diaryl/α,β-unsaturated/α-hetero) is 1. The average Bonchev–Trinajstić information content (AvgIpc) is 3.37. The summed E-state index contributed by atoms with van der Waals surface area (Å²) in [5, 5.41) is 5.83. The quantitative estimate of drug-likeness (QED) is 0.319. The molecule has 8 nitrogen and oxygen atoms in total. The van der Waals surface area contributed by atoms with Crippen LogP contribution in [0.2, 0.25) is 5.02 Å². The molecular weight excluding hydrogens is 521 g/mol. The Hall–Kier alpha value is -3.56. The molecule has 1 aromatic heterocycles. The number of halogens is 2. The molecule has 206 valence electrons. The largest absolute Gasteiger partial charge is 0.345 e. The molecule has 3 N–H and O–H groups in total. The Balaban J connectivity index is 1.35. The van der Waals surface area contributed by atoms with Crippen LogP contribution in [-0.2, 0) is 6.42 Å². The Labute approximate surface area is 232 Å². The maximum absolute atomic E-state index is 13.3. The predicted molar refractivity (Wildman–Crippen MR) is 149 cm³/mol. The van der Waals surface area contributed by atoms with Crippen LogP contribution in [-0.4, -0.2) is 57.6 Å². The Bertz CT molecular complexity index is 1350. The highest BCUT2D eigenvalue weighted by Gasteiger charge is 2.29. The van der Waals surface area contributed by atoms with Crippen molar-refractivity contribution in [2.24, 2.45) is 5.92 Å². The summed E-state index contributed by atoms with van der Waals surface area (Å²) in [7, 11) is 0. The van der Waals surface area contributed by atoms with Gasteiger partial charge in [0.15, 0.2) is 11.5 Å². The lowest BCUT2D eigenvalue weighted by Crippen LogP contribution is -2.53. The number of rotatable bonds is 9. The summed E-state index contributed by atoms with van der Waals surface area (Å²) in [6.45, 7) is 8.92. The van der Waals surface area contributed by atoms with Gasteiger partial charge in [0.25, 0.3) is 11.8 Å². The van der Waals surface area contributed by atoms with E-state index < -0.39 is 23.2 Å². The van der Waals surface area contributed by atoms with Gasteiger partial charge in [-0.05, 0) is 81.6 Å². The van der Waals surface area contributed by atoms with Crippen LogP contribution in [0, 0.1) is 11.7 Å². The van der Waals surface area contributed by atoms with Crippen molar-refractivity contribution >= 4 is 34.9 Å². The molecule has 1 aliphatic heterocycles. The zero-order chi connectivity index (χ0) is 28.2. The van der Waals surface area contributed by atoms with E-state index in [1.807, 2.05) is 13.8 Å². The van der Waals surface area contributed by atoms with Crippen molar-refractivity contribution in [3.8, 4) is 0 Å². The molecule has 39 heavy (non-hydrogen) atoms. The van der Waals surface area contributed by atoms with E-state index in [1.165, 1.54) is 18.5 Å². The Morgan fingerprint density at radius 3 is 2.46 bits per heavy atom. The molecule has 1 fully saturated rings. The topological polar surface area (TPSA) is 107 Å². The molecule has 4 rings (SSSR count). The van der Waals surface area contributed by atoms with Gasteiger partial charge >= 0.3 is 0 Å². The van der Waals surface area contributed by atoms with Crippen LogP contribution in [0.25, 0.3) is 0 Å². The van der Waals surface area contributed by atoms with Gasteiger partial charge in [0.1, 0.15) is 11.5 Å². The first kappa shape index (κ1) is 28.4. The van der Waals surface area contributed by atoms with Crippen LogP contribution < -0.4 is 10.6 Å². The molecule has 3 aromatic rings. The van der Waals surface area contributed by atoms with Gasteiger partial charge in [-0.15, -0.1) is 0 Å². The lowest BCUT2D eigenvalue weighted by atomic mass is 9.96. The Morgan fingerprint density at radius 2 is 1.79 bits per heavy atom. The molecule has 0 unspecified atom stereocenters. The molecule has 0 atom stereocenters. The number of anilines is 1. The molecular formula is C29H33ClFN5O3. The third-order valence-corrected chi connectivity index (χ3v) is 7.15. The van der Waals surface area contributed by atoms with Gasteiger partial charge in [0.05, 0.1) is 11.3 Å². The minimum atomic E-state index is -0.536. The number of hydrogen-bond acceptors (Lipinski definition) is 5. The minimum Gasteiger partial charge on any atom is -0.345 e. The summed E-state index contributed by atoms with van der Waals surface area (Å²) in [5.74, 6) is -0.969. The van der Waals surface area contributed by atoms with Crippen LogP contribution in [0.3, 0.4) is 0 Å². The van der Waals surface area contributed by atoms with Crippen LogP contribution >= 0.6 is 11.6 Å². The SMILES string of the molecule is CC1CCN(CC(C)(C)NC(=O)c2[nH]cnc2C(=O)Nc2ccc(CC(=O)c3ccc(F)cc3Cl)cc2)CC1. The summed E-state index contributed by atoms with van der Waals surface area (Å²) in [4.78, 5) is 47.8. The fraction of sp³-hybridized carbons (Fsp3) is 0.379. The lowest BCUT2D eigenvalue weighted by Gasteiger charge is -2.37. The number of ketones is 1. The first-order valence-electron chi connectivity index (χ1n) is 13.0. The molecule has 0 bridgehead atoms. The first-order valence-corrected chi connectivity index (χ1v) is 13.4. The molecule has 2 heterocycles. The van der Waals surface area contributed by atoms with E-state index in [-0.39, 0.29) is 34.2 Å². The number of nitrogens with zero attached hydrogens (tertiary/aromatic N) is 2. The highest BCUT2D eigenvalue weighted by molar-refractivity contribution is 6.34. The van der Waals surface area contributed by atoms with E-state index >= 15 is 0 Å². The van der Waals surface area contributed by atoms with Gasteiger partial charge in [-0.2, -0.15) is 0 Å². The summed E-state index contributed by atoms with van der Waals surface area (Å²) in [6.07, 6.45) is 3.68. The second-order valence-electron chi connectivity index (χ2n) is 10.8. The maximum atomic E-state index is 13.3. The highest BCUT2D eigenvalue weighted by Crippen LogP contribution is 2.21. The van der Waals surface area contributed by atoms with Crippen molar-refractivity contribution in [2.45, 2.75) is 45.6 Å². The molecule has 0 spiro atoms. The number of aromatic amines is 1. The van der Waals surface area contributed by atoms with Gasteiger partial charge in [0.2, 0.25) is 0 Å². The van der Waals surface area contributed by atoms with Gasteiger partial charge in [0, 0.05) is 29.8 Å². The van der Waals surface area contributed by atoms with E-state index in [1.54, 1.807) is 24.3 Å². The summed E-state index contributed by atoms with van der Waals surface area (Å²) in [6, 6.07) is 10.4. The van der Waals surface area contributed by atoms with E-state index in [9.17, 15) is 18.8 Å². The van der Waals surface area contributed by atoms with E-state index in [0.29, 0.717) is 17.8 Å². The van der Waals surface area contributed by atoms with Crippen molar-refractivity contribution < 1.29 is 18.8 Å². The second kappa shape index (κ2) is 12.1. The third-order valence-electron chi connectivity index (χ3n) is 6.84. The second-order valence-corrected chi connectivity index (χ2v) is 11.2. The van der Waals surface area contributed by atoms with Crippen LogP contribution in [0.5, 0.6) is 0 Å². The van der Waals surface area contributed by atoms with Gasteiger partial charge < -0.3 is 20.5 Å². The molecule has 2 aromatic carbocycles. The number of nitrogens with one attached hydrogen (secondary N) is 3. The van der Waals surface area contributed by atoms with Crippen molar-refractivity contribution in [3.05, 3.63) is 82.1 Å². The van der Waals surface area contributed by atoms with Gasteiger partial charge in [-0.3, -0.25) is 14.4 Å². The zero-order valence-electron chi connectivity index (χ0n) is 22.3. The van der Waals surface area contributed by atoms with Gasteiger partial charge in [-0.1, -0.05) is 30.7 Å². The number of amides is 2. The summed E-state index contributed by atoms with van der Waals surface area (Å²) in [5.41, 5.74) is 0.996. The molecule has 1 aliphatic rings. The number of carbonyl (C=O) groups excluding carboxylic acids is 3. The van der Waals surface area contributed by atoms with Gasteiger partial charge in [-0.25, -0.2) is 9.37 Å². The van der Waals surface area contributed by atoms with Crippen molar-refractivity contribution in [3.63, 3.8) is 0 Å². The maximum Gasteiger partial charge on any atom is 0.276 e. The lowest BCUT2D eigenvalue weighted by molar-refractivity contribution is 0.0855. The number of carbonyl (C=O) groups is 3. The Kier molecular flexibility index (Phi) is 8.82. The van der Waals surface area contributed by atoms with Crippen molar-refractivity contribution in [1.82, 2.24) is 20.2 Å². The normalized spacial score (nSPS) is 14.7. The number of likely N-dealkylation sites (tertiary alicyclic amines) is 1. The summed E-state index contributed by atoms with van der Waals surface area (Å²) >= 11 is 5.99. The highest BCUT2D eigenvalue weighted by atomic mass is 35.5. The fourth-order valence-corrected chi connectivity index (χ4v) is 4.99. The molecule has 0 radical (unpaired) electrons. The van der Waals surface area contributed by atoms with Crippen LogP contribution in [0.1, 0.15) is 70.5 Å². The summed E-state index contributed by atoms with van der Waals surface area (Å²) < 4.78 is 13.3. The molecule has 1 saturated heterocycles. The third kappa shape index (κ3) is 7.52. The molecule has 10 heteroatoms. The van der Waals surface area contributed by atoms with E-state index in [0.717, 1.165) is 37.9 Å². The number of H-pyrrole nitrogens is 1. The Morgan fingerprint density at radius 1 is 1.10 bits per heavy atom. The molecule has 2 amide bonds.